The van der Waals surface area contributed by atoms with Gasteiger partial charge in [-0.05, 0) is 57.3 Å². The van der Waals surface area contributed by atoms with Crippen LogP contribution in [0.5, 0.6) is 0 Å². The second-order valence-electron chi connectivity index (χ2n) is 23.3. The topological polar surface area (TPSA) is 237 Å². The van der Waals surface area contributed by atoms with Gasteiger partial charge < -0.3 is 33.8 Å². The van der Waals surface area contributed by atoms with Crippen molar-refractivity contribution < 1.29 is 80.2 Å². The molecule has 0 fully saturated rings. The van der Waals surface area contributed by atoms with Gasteiger partial charge in [-0.15, -0.1) is 0 Å². The van der Waals surface area contributed by atoms with E-state index in [0.717, 1.165) is 121 Å². The third-order valence-electron chi connectivity index (χ3n) is 14.4. The maximum atomic E-state index is 13.0. The summed E-state index contributed by atoms with van der Waals surface area (Å²) in [6.45, 7) is 7.07. The van der Waals surface area contributed by atoms with Crippen molar-refractivity contribution in [3.8, 4) is 0 Å². The summed E-state index contributed by atoms with van der Waals surface area (Å²) in [6.07, 6.45) is 45.3. The molecule has 5 atom stereocenters. The fraction of sp³-hybridized carbons (Fsp3) is 0.877. The highest BCUT2D eigenvalue weighted by Crippen LogP contribution is 2.45. The molecule has 0 spiro atoms. The van der Waals surface area contributed by atoms with Crippen molar-refractivity contribution >= 4 is 39.5 Å². The average molecular weight is 1240 g/mol. The van der Waals surface area contributed by atoms with Gasteiger partial charge >= 0.3 is 39.5 Å². The van der Waals surface area contributed by atoms with Crippen LogP contribution in [-0.2, 0) is 65.4 Å². The number of allylic oxidation sites excluding steroid dienone is 4. The van der Waals surface area contributed by atoms with Crippen LogP contribution >= 0.6 is 15.6 Å². The summed E-state index contributed by atoms with van der Waals surface area (Å²) in [7, 11) is -9.90. The van der Waals surface area contributed by atoms with Gasteiger partial charge in [0.1, 0.15) is 19.3 Å². The van der Waals surface area contributed by atoms with Crippen LogP contribution in [0, 0.1) is 5.92 Å². The minimum absolute atomic E-state index is 0.0846. The van der Waals surface area contributed by atoms with E-state index in [1.165, 1.54) is 103 Å². The third kappa shape index (κ3) is 58.6. The Morgan fingerprint density at radius 3 is 0.976 bits per heavy atom. The highest BCUT2D eigenvalue weighted by Gasteiger charge is 2.30. The lowest BCUT2D eigenvalue weighted by atomic mass is 10.0. The van der Waals surface area contributed by atoms with E-state index in [0.29, 0.717) is 25.7 Å². The molecular formula is C65H122O17P2. The molecule has 0 aliphatic heterocycles. The Balaban J connectivity index is 5.25. The van der Waals surface area contributed by atoms with Crippen LogP contribution in [0.4, 0.5) is 0 Å². The van der Waals surface area contributed by atoms with E-state index in [4.69, 9.17) is 37.0 Å². The van der Waals surface area contributed by atoms with Gasteiger partial charge in [-0.1, -0.05) is 252 Å². The van der Waals surface area contributed by atoms with Gasteiger partial charge in [0.05, 0.1) is 26.4 Å². The van der Waals surface area contributed by atoms with Gasteiger partial charge in [-0.2, -0.15) is 0 Å². The molecule has 3 N–H and O–H groups in total. The molecule has 0 amide bonds. The van der Waals surface area contributed by atoms with Crippen molar-refractivity contribution in [2.75, 3.05) is 39.6 Å². The van der Waals surface area contributed by atoms with Gasteiger partial charge in [0.15, 0.2) is 12.2 Å². The Hall–Kier alpha value is -2.46. The van der Waals surface area contributed by atoms with Crippen LogP contribution in [0.2, 0.25) is 0 Å². The van der Waals surface area contributed by atoms with Crippen molar-refractivity contribution in [3.63, 3.8) is 0 Å². The Bertz CT molecular complexity index is 1730. The second-order valence-corrected chi connectivity index (χ2v) is 26.2. The summed E-state index contributed by atoms with van der Waals surface area (Å²) in [5, 5.41) is 10.5. The van der Waals surface area contributed by atoms with E-state index in [1.807, 2.05) is 0 Å². The van der Waals surface area contributed by atoms with Gasteiger partial charge in [0.25, 0.3) is 0 Å². The number of rotatable bonds is 63. The molecule has 0 aromatic rings. The highest BCUT2D eigenvalue weighted by molar-refractivity contribution is 7.47. The first kappa shape index (κ1) is 81.5. The number of phosphoric acid groups is 2. The quantitative estimate of drug-likeness (QED) is 0.0169. The SMILES string of the molecule is CCCCCC/C=C\C=C/CCCCCCCC(=O)O[C@H](COC(=O)CCCCCCCCCCCC(C)C)COP(=O)(O)OC[C@@H](O)COP(=O)(O)OC[C@@H](COC(=O)CCCCCCCCC)OC(=O)CCCCCCCCCCCC. The molecule has 0 aromatic carbocycles. The van der Waals surface area contributed by atoms with E-state index in [2.05, 4.69) is 58.9 Å². The van der Waals surface area contributed by atoms with Crippen molar-refractivity contribution in [2.24, 2.45) is 5.92 Å². The minimum atomic E-state index is -4.95. The standard InChI is InChI=1S/C65H122O17P2/c1-6-9-12-15-18-20-22-23-24-25-26-30-36-41-46-51-65(70)82-61(55-76-63(68)49-44-39-34-31-27-28-33-37-42-47-58(4)5)57-80-84(73,74)78-53-59(66)52-77-83(71,72)79-56-60(54-75-62(67)48-43-38-32-17-14-11-8-3)81-64(69)50-45-40-35-29-21-19-16-13-10-7-2/h20,22-24,58-61,66H,6-19,21,25-57H2,1-5H3,(H,71,72)(H,73,74)/b22-20-,24-23-/t59-,60+,61+/m0/s1. The van der Waals surface area contributed by atoms with Crippen LogP contribution in [0.15, 0.2) is 24.3 Å². The molecule has 0 heterocycles. The van der Waals surface area contributed by atoms with E-state index >= 15 is 0 Å². The molecule has 0 aliphatic rings. The zero-order valence-corrected chi connectivity index (χ0v) is 55.3. The van der Waals surface area contributed by atoms with Crippen LogP contribution < -0.4 is 0 Å². The van der Waals surface area contributed by atoms with Crippen molar-refractivity contribution in [1.29, 1.82) is 0 Å². The molecule has 494 valence electrons. The van der Waals surface area contributed by atoms with E-state index in [1.54, 1.807) is 0 Å². The third-order valence-corrected chi connectivity index (χ3v) is 16.3. The van der Waals surface area contributed by atoms with E-state index in [9.17, 15) is 43.2 Å². The summed E-state index contributed by atoms with van der Waals surface area (Å²) in [5.41, 5.74) is 0. The molecule has 0 saturated heterocycles. The number of aliphatic hydroxyl groups is 1. The Kier molecular flexibility index (Phi) is 56.5. The maximum absolute atomic E-state index is 13.0. The number of esters is 4. The minimum Gasteiger partial charge on any atom is -0.462 e. The first-order valence-corrected chi connectivity index (χ1v) is 36.4. The lowest BCUT2D eigenvalue weighted by Crippen LogP contribution is -2.30. The molecule has 2 unspecified atom stereocenters. The normalized spacial score (nSPS) is 14.4. The summed E-state index contributed by atoms with van der Waals surface area (Å²) < 4.78 is 67.9. The van der Waals surface area contributed by atoms with E-state index < -0.39 is 97.5 Å². The van der Waals surface area contributed by atoms with Gasteiger partial charge in [-0.25, -0.2) is 9.13 Å². The molecule has 0 saturated carbocycles. The van der Waals surface area contributed by atoms with Crippen molar-refractivity contribution in [2.45, 2.75) is 323 Å². The average Bonchev–Trinajstić information content (AvgIpc) is 3.52. The first-order chi connectivity index (χ1) is 40.5. The lowest BCUT2D eigenvalue weighted by molar-refractivity contribution is -0.161. The Morgan fingerprint density at radius 1 is 0.369 bits per heavy atom. The van der Waals surface area contributed by atoms with Gasteiger partial charge in [-0.3, -0.25) is 37.3 Å². The fourth-order valence-electron chi connectivity index (χ4n) is 9.22. The number of unbranched alkanes of at least 4 members (excludes halogenated alkanes) is 32. The maximum Gasteiger partial charge on any atom is 0.472 e. The van der Waals surface area contributed by atoms with Crippen molar-refractivity contribution in [1.82, 2.24) is 0 Å². The monoisotopic (exact) mass is 1240 g/mol. The Morgan fingerprint density at radius 2 is 0.643 bits per heavy atom. The van der Waals surface area contributed by atoms with Gasteiger partial charge in [0, 0.05) is 25.7 Å². The van der Waals surface area contributed by atoms with Crippen LogP contribution in [0.3, 0.4) is 0 Å². The number of ether oxygens (including phenoxy) is 4. The summed E-state index contributed by atoms with van der Waals surface area (Å²) in [6, 6.07) is 0. The van der Waals surface area contributed by atoms with Crippen LogP contribution in [0.25, 0.3) is 0 Å². The molecule has 0 aromatic heterocycles. The number of aliphatic hydroxyl groups excluding tert-OH is 1. The first-order valence-electron chi connectivity index (χ1n) is 33.5. The van der Waals surface area contributed by atoms with Crippen molar-refractivity contribution in [3.05, 3.63) is 24.3 Å². The molecule has 0 rings (SSSR count). The summed E-state index contributed by atoms with van der Waals surface area (Å²) >= 11 is 0. The number of phosphoric ester groups is 2. The molecule has 17 nitrogen and oxygen atoms in total. The predicted molar refractivity (Wildman–Crippen MR) is 335 cm³/mol. The molecule has 84 heavy (non-hydrogen) atoms. The molecule has 19 heteroatoms. The molecule has 0 aliphatic carbocycles. The largest absolute Gasteiger partial charge is 0.472 e. The molecule has 0 bridgehead atoms. The highest BCUT2D eigenvalue weighted by atomic mass is 31.2. The van der Waals surface area contributed by atoms with Crippen LogP contribution in [0.1, 0.15) is 304 Å². The summed E-state index contributed by atoms with van der Waals surface area (Å²) in [4.78, 5) is 72.1. The smallest absolute Gasteiger partial charge is 0.462 e. The lowest BCUT2D eigenvalue weighted by Gasteiger charge is -2.21. The zero-order chi connectivity index (χ0) is 62.0. The summed E-state index contributed by atoms with van der Waals surface area (Å²) in [5.74, 6) is -1.43. The Labute approximate surface area is 510 Å². The van der Waals surface area contributed by atoms with Crippen LogP contribution in [-0.4, -0.2) is 96.7 Å². The molecule has 0 radical (unpaired) electrons. The second kappa shape index (κ2) is 58.2. The fourth-order valence-corrected chi connectivity index (χ4v) is 10.8. The molecular weight excluding hydrogens is 1110 g/mol. The predicted octanol–water partition coefficient (Wildman–Crippen LogP) is 17.7. The number of carbonyl (C=O) groups is 4. The van der Waals surface area contributed by atoms with Gasteiger partial charge in [0.2, 0.25) is 0 Å². The number of hydrogen-bond donors (Lipinski definition) is 3. The number of carbonyl (C=O) groups excluding carboxylic acids is 4. The number of hydrogen-bond acceptors (Lipinski definition) is 15. The van der Waals surface area contributed by atoms with E-state index in [-0.39, 0.29) is 25.7 Å². The zero-order valence-electron chi connectivity index (χ0n) is 53.5.